The van der Waals surface area contributed by atoms with Crippen LogP contribution in [-0.4, -0.2) is 0 Å². The Morgan fingerprint density at radius 1 is 0.386 bits per heavy atom. The smallest absolute Gasteiger partial charge is 0.0543 e. The van der Waals surface area contributed by atoms with Gasteiger partial charge in [-0.2, -0.15) is 0 Å². The topological polar surface area (TPSA) is 3.24 Å². The maximum Gasteiger partial charge on any atom is 0.0543 e. The molecule has 0 fully saturated rings. The SMILES string of the molecule is CC1(C)c2ccccc2-c2c(N(c3ccccc3-c3cccc4c3sc3ccccc34)c3ccccc3-c3cccc4cccc(-c5ccccc5)c34)cccc21. The number of fused-ring (bicyclic) bond motifs is 7. The molecule has 270 valence electrons. The molecule has 0 saturated carbocycles. The third-order valence-corrected chi connectivity index (χ3v) is 13.3. The van der Waals surface area contributed by atoms with E-state index >= 15 is 0 Å². The molecule has 0 unspecified atom stereocenters. The molecule has 1 aliphatic carbocycles. The molecule has 0 amide bonds. The molecule has 0 atom stereocenters. The predicted octanol–water partition coefficient (Wildman–Crippen LogP) is 16.0. The highest BCUT2D eigenvalue weighted by Crippen LogP contribution is 2.56. The maximum absolute atomic E-state index is 2.57. The summed E-state index contributed by atoms with van der Waals surface area (Å²) in [7, 11) is 0. The number of rotatable bonds is 6. The van der Waals surface area contributed by atoms with E-state index in [-0.39, 0.29) is 5.41 Å². The molecule has 1 aromatic heterocycles. The molecule has 0 saturated heterocycles. The van der Waals surface area contributed by atoms with Gasteiger partial charge in [0.05, 0.1) is 17.1 Å². The van der Waals surface area contributed by atoms with Crippen LogP contribution in [0.1, 0.15) is 25.0 Å². The fraction of sp³-hybridized carbons (Fsp3) is 0.0545. The minimum atomic E-state index is -0.143. The van der Waals surface area contributed by atoms with E-state index < -0.39 is 0 Å². The van der Waals surface area contributed by atoms with E-state index in [9.17, 15) is 0 Å². The molecule has 2 heteroatoms. The summed E-state index contributed by atoms with van der Waals surface area (Å²) in [6.07, 6.45) is 0. The molecule has 11 rings (SSSR count). The molecule has 1 nitrogen and oxygen atoms in total. The largest absolute Gasteiger partial charge is 0.309 e. The molecule has 0 spiro atoms. The molecule has 1 aliphatic rings. The second kappa shape index (κ2) is 13.2. The van der Waals surface area contributed by atoms with Crippen molar-refractivity contribution >= 4 is 59.3 Å². The summed E-state index contributed by atoms with van der Waals surface area (Å²) >= 11 is 1.89. The summed E-state index contributed by atoms with van der Waals surface area (Å²) in [6.45, 7) is 4.74. The molecule has 1 heterocycles. The Bertz CT molecular complexity index is 3160. The molecule has 0 radical (unpaired) electrons. The van der Waals surface area contributed by atoms with E-state index in [4.69, 9.17) is 0 Å². The van der Waals surface area contributed by atoms with E-state index in [2.05, 4.69) is 219 Å². The average Bonchev–Trinajstić information content (AvgIpc) is 3.76. The van der Waals surface area contributed by atoms with Gasteiger partial charge in [-0.05, 0) is 68.4 Å². The first-order valence-corrected chi connectivity index (χ1v) is 20.6. The van der Waals surface area contributed by atoms with Crippen molar-refractivity contribution in [2.45, 2.75) is 19.3 Å². The molecule has 9 aromatic carbocycles. The van der Waals surface area contributed by atoms with Gasteiger partial charge in [0, 0.05) is 47.8 Å². The Balaban J connectivity index is 1.24. The van der Waals surface area contributed by atoms with Crippen LogP contribution in [0.5, 0.6) is 0 Å². The van der Waals surface area contributed by atoms with Crippen molar-refractivity contribution in [1.82, 2.24) is 0 Å². The molecule has 57 heavy (non-hydrogen) atoms. The summed E-state index contributed by atoms with van der Waals surface area (Å²) in [5.41, 5.74) is 15.9. The van der Waals surface area contributed by atoms with Crippen molar-refractivity contribution in [3.8, 4) is 44.5 Å². The molecule has 0 bridgehead atoms. The van der Waals surface area contributed by atoms with E-state index in [0.29, 0.717) is 0 Å². The zero-order chi connectivity index (χ0) is 38.1. The van der Waals surface area contributed by atoms with Crippen LogP contribution in [0.15, 0.2) is 200 Å². The van der Waals surface area contributed by atoms with Crippen LogP contribution < -0.4 is 4.90 Å². The van der Waals surface area contributed by atoms with Gasteiger partial charge in [-0.1, -0.05) is 190 Å². The Hall–Kier alpha value is -6.74. The van der Waals surface area contributed by atoms with Crippen LogP contribution in [0, 0.1) is 0 Å². The van der Waals surface area contributed by atoms with Gasteiger partial charge in [0.25, 0.3) is 0 Å². The van der Waals surface area contributed by atoms with Crippen LogP contribution in [0.25, 0.3) is 75.5 Å². The lowest BCUT2D eigenvalue weighted by atomic mass is 9.82. The minimum absolute atomic E-state index is 0.143. The van der Waals surface area contributed by atoms with Gasteiger partial charge in [0.1, 0.15) is 0 Å². The quantitative estimate of drug-likeness (QED) is 0.164. The minimum Gasteiger partial charge on any atom is -0.309 e. The third-order valence-electron chi connectivity index (χ3n) is 12.1. The molecular formula is C55H39NS. The normalized spacial score (nSPS) is 12.9. The first-order valence-electron chi connectivity index (χ1n) is 19.8. The summed E-state index contributed by atoms with van der Waals surface area (Å²) in [5.74, 6) is 0. The van der Waals surface area contributed by atoms with E-state index in [1.54, 1.807) is 0 Å². The lowest BCUT2D eigenvalue weighted by Crippen LogP contribution is -2.16. The number of para-hydroxylation sites is 2. The lowest BCUT2D eigenvalue weighted by Gasteiger charge is -2.32. The van der Waals surface area contributed by atoms with Crippen molar-refractivity contribution in [2.24, 2.45) is 0 Å². The summed E-state index contributed by atoms with van der Waals surface area (Å²) in [4.78, 5) is 2.57. The average molecular weight is 746 g/mol. The fourth-order valence-corrected chi connectivity index (χ4v) is 10.7. The third kappa shape index (κ3) is 5.21. The maximum atomic E-state index is 2.57. The Morgan fingerprint density at radius 2 is 0.912 bits per heavy atom. The van der Waals surface area contributed by atoms with Crippen LogP contribution in [0.4, 0.5) is 17.1 Å². The highest BCUT2D eigenvalue weighted by Gasteiger charge is 2.38. The first-order chi connectivity index (χ1) is 28.1. The van der Waals surface area contributed by atoms with Gasteiger partial charge in [0.15, 0.2) is 0 Å². The number of thiophene rings is 1. The summed E-state index contributed by atoms with van der Waals surface area (Å²) in [5, 5.41) is 5.09. The van der Waals surface area contributed by atoms with Gasteiger partial charge in [-0.3, -0.25) is 0 Å². The van der Waals surface area contributed by atoms with Gasteiger partial charge >= 0.3 is 0 Å². The second-order valence-electron chi connectivity index (χ2n) is 15.6. The van der Waals surface area contributed by atoms with Crippen LogP contribution in [-0.2, 0) is 5.41 Å². The van der Waals surface area contributed by atoms with Crippen molar-refractivity contribution in [2.75, 3.05) is 4.90 Å². The lowest BCUT2D eigenvalue weighted by molar-refractivity contribution is 0.660. The Labute approximate surface area is 337 Å². The number of anilines is 3. The highest BCUT2D eigenvalue weighted by molar-refractivity contribution is 7.26. The second-order valence-corrected chi connectivity index (χ2v) is 16.6. The zero-order valence-corrected chi connectivity index (χ0v) is 32.7. The molecule has 0 N–H and O–H groups in total. The van der Waals surface area contributed by atoms with Crippen LogP contribution in [0.3, 0.4) is 0 Å². The Morgan fingerprint density at radius 3 is 1.70 bits per heavy atom. The number of nitrogens with zero attached hydrogens (tertiary/aromatic N) is 1. The van der Waals surface area contributed by atoms with E-state index in [1.165, 1.54) is 92.3 Å². The van der Waals surface area contributed by atoms with Gasteiger partial charge in [-0.25, -0.2) is 0 Å². The van der Waals surface area contributed by atoms with Gasteiger partial charge in [-0.15, -0.1) is 11.3 Å². The Kier molecular flexibility index (Phi) is 7.77. The highest BCUT2D eigenvalue weighted by atomic mass is 32.1. The van der Waals surface area contributed by atoms with Crippen molar-refractivity contribution in [3.05, 3.63) is 211 Å². The van der Waals surface area contributed by atoms with E-state index in [1.807, 2.05) is 11.3 Å². The standard InChI is InChI=1S/C55H39NS/c1-55(2)46-30-10-6-25-45(46)53-47(55)31-17-34-50(53)56(49-33-12-8-23-40(49)43-28-16-29-44-41-24-9-13-35-51(41)57-54(43)44)48-32-11-7-22-39(48)42-27-15-21-37-20-14-26-38(52(37)42)36-18-4-3-5-19-36/h3-35H,1-2H3. The van der Waals surface area contributed by atoms with Crippen LogP contribution in [0.2, 0.25) is 0 Å². The van der Waals surface area contributed by atoms with E-state index in [0.717, 1.165) is 11.4 Å². The number of benzene rings is 9. The first kappa shape index (κ1) is 33.6. The van der Waals surface area contributed by atoms with Crippen LogP contribution >= 0.6 is 11.3 Å². The summed E-state index contributed by atoms with van der Waals surface area (Å²) < 4.78 is 2.62. The van der Waals surface area contributed by atoms with Crippen molar-refractivity contribution in [1.29, 1.82) is 0 Å². The zero-order valence-electron chi connectivity index (χ0n) is 31.9. The molecule has 0 aliphatic heterocycles. The number of hydrogen-bond donors (Lipinski definition) is 0. The molecule has 10 aromatic rings. The fourth-order valence-electron chi connectivity index (χ4n) is 9.49. The molecular weight excluding hydrogens is 707 g/mol. The van der Waals surface area contributed by atoms with Gasteiger partial charge < -0.3 is 4.90 Å². The summed E-state index contributed by atoms with van der Waals surface area (Å²) in [6, 6.07) is 73.9. The number of hydrogen-bond acceptors (Lipinski definition) is 2. The predicted molar refractivity (Wildman–Crippen MR) is 245 cm³/mol. The van der Waals surface area contributed by atoms with Crippen molar-refractivity contribution in [3.63, 3.8) is 0 Å². The van der Waals surface area contributed by atoms with Gasteiger partial charge in [0.2, 0.25) is 0 Å². The monoisotopic (exact) mass is 745 g/mol. The van der Waals surface area contributed by atoms with Crippen molar-refractivity contribution < 1.29 is 0 Å².